The third-order valence-corrected chi connectivity index (χ3v) is 4.48. The van der Waals surface area contributed by atoms with E-state index in [1.54, 1.807) is 31.2 Å². The average Bonchev–Trinajstić information content (AvgIpc) is 3.00. The van der Waals surface area contributed by atoms with Gasteiger partial charge in [-0.3, -0.25) is 0 Å². The number of rotatable bonds is 6. The number of phenols is 2. The Morgan fingerprint density at radius 3 is 2.32 bits per heavy atom. The second kappa shape index (κ2) is 7.56. The van der Waals surface area contributed by atoms with Crippen LogP contribution in [0.2, 0.25) is 0 Å². The zero-order valence-electron chi connectivity index (χ0n) is 14.5. The van der Waals surface area contributed by atoms with Crippen LogP contribution in [0.25, 0.3) is 16.8 Å². The van der Waals surface area contributed by atoms with Gasteiger partial charge in [-0.05, 0) is 6.92 Å². The van der Waals surface area contributed by atoms with E-state index < -0.39 is 28.5 Å². The minimum atomic E-state index is -1.37. The van der Waals surface area contributed by atoms with Gasteiger partial charge in [0.05, 0.1) is 6.61 Å². The molecule has 11 nitrogen and oxygen atoms in total. The first-order valence-corrected chi connectivity index (χ1v) is 8.15. The quantitative estimate of drug-likeness (QED) is 0.427. The van der Waals surface area contributed by atoms with Crippen LogP contribution >= 0.6 is 0 Å². The minimum Gasteiger partial charge on any atom is -0.507 e. The molecule has 1 heterocycles. The fraction of sp³-hybridized carbons (Fsp3) is 0.294. The molecule has 2 aromatic rings. The van der Waals surface area contributed by atoms with Crippen molar-refractivity contribution in [2.45, 2.75) is 25.2 Å². The first-order chi connectivity index (χ1) is 13.3. The summed E-state index contributed by atoms with van der Waals surface area (Å²) in [6, 6.07) is 6.71. The van der Waals surface area contributed by atoms with Gasteiger partial charge in [0.2, 0.25) is 0 Å². The molecule has 3 rings (SSSR count). The minimum absolute atomic E-state index is 0.0203. The van der Waals surface area contributed by atoms with Gasteiger partial charge in [-0.15, -0.1) is 20.2 Å². The highest BCUT2D eigenvalue weighted by atomic mass is 17.0. The zero-order chi connectivity index (χ0) is 20.4. The molecule has 0 saturated carbocycles. The van der Waals surface area contributed by atoms with Gasteiger partial charge in [0, 0.05) is 21.9 Å². The Kier molecular flexibility index (Phi) is 5.18. The van der Waals surface area contributed by atoms with Gasteiger partial charge in [0.25, 0.3) is 10.2 Å². The number of hydrogen-bond donors (Lipinski definition) is 2. The number of hydrogen-bond acceptors (Lipinski definition) is 9. The van der Waals surface area contributed by atoms with Crippen molar-refractivity contribution < 1.29 is 34.8 Å². The van der Waals surface area contributed by atoms with Crippen LogP contribution in [0.4, 0.5) is 0 Å². The Morgan fingerprint density at radius 2 is 1.71 bits per heavy atom. The monoisotopic (exact) mass is 392 g/mol. The van der Waals surface area contributed by atoms with Gasteiger partial charge < -0.3 is 24.6 Å². The summed E-state index contributed by atoms with van der Waals surface area (Å²) in [4.78, 5) is 30.1. The normalized spacial score (nSPS) is 21.8. The zero-order valence-corrected chi connectivity index (χ0v) is 14.5. The predicted molar refractivity (Wildman–Crippen MR) is 94.5 cm³/mol. The van der Waals surface area contributed by atoms with Gasteiger partial charge >= 0.3 is 0 Å². The third kappa shape index (κ3) is 3.60. The lowest BCUT2D eigenvalue weighted by Gasteiger charge is -2.17. The highest BCUT2D eigenvalue weighted by molar-refractivity contribution is 5.97. The third-order valence-electron chi connectivity index (χ3n) is 4.48. The molecule has 28 heavy (non-hydrogen) atoms. The highest BCUT2D eigenvalue weighted by Crippen LogP contribution is 2.40. The van der Waals surface area contributed by atoms with Crippen molar-refractivity contribution in [2.75, 3.05) is 6.61 Å². The smallest absolute Gasteiger partial charge is 0.294 e. The molecule has 0 bridgehead atoms. The van der Waals surface area contributed by atoms with E-state index in [1.807, 2.05) is 0 Å². The van der Waals surface area contributed by atoms with Gasteiger partial charge in [-0.1, -0.05) is 36.4 Å². The number of ether oxygens (including phenoxy) is 1. The molecule has 1 fully saturated rings. The maximum atomic E-state index is 10.7. The fourth-order valence-electron chi connectivity index (χ4n) is 3.14. The Hall–Kier alpha value is -3.60. The van der Waals surface area contributed by atoms with E-state index in [2.05, 4.69) is 9.68 Å². The van der Waals surface area contributed by atoms with Crippen molar-refractivity contribution in [1.29, 1.82) is 0 Å². The van der Waals surface area contributed by atoms with E-state index in [1.165, 1.54) is 12.2 Å². The van der Waals surface area contributed by atoms with Gasteiger partial charge in [-0.25, -0.2) is 0 Å². The van der Waals surface area contributed by atoms with Crippen molar-refractivity contribution >= 4 is 16.8 Å². The topological polar surface area (TPSA) is 154 Å². The van der Waals surface area contributed by atoms with Crippen molar-refractivity contribution in [3.05, 3.63) is 61.7 Å². The molecule has 1 saturated heterocycles. The summed E-state index contributed by atoms with van der Waals surface area (Å²) in [6.45, 7) is 1.31. The molecule has 2 N–H and O–H groups in total. The summed E-state index contributed by atoms with van der Waals surface area (Å²) in [6.07, 6.45) is -0.925. The second-order valence-electron chi connectivity index (χ2n) is 6.10. The summed E-state index contributed by atoms with van der Waals surface area (Å²) < 4.78 is 5.31. The first kappa shape index (κ1) is 19.2. The van der Waals surface area contributed by atoms with Crippen LogP contribution in [-0.2, 0) is 14.4 Å². The lowest BCUT2D eigenvalue weighted by molar-refractivity contribution is -0.796. The molecule has 0 amide bonds. The fourth-order valence-corrected chi connectivity index (χ4v) is 3.14. The number of benzene rings is 2. The first-order valence-electron chi connectivity index (χ1n) is 8.15. The van der Waals surface area contributed by atoms with Crippen molar-refractivity contribution in [3.8, 4) is 11.5 Å². The summed E-state index contributed by atoms with van der Waals surface area (Å²) in [5.41, 5.74) is 0.661. The summed E-state index contributed by atoms with van der Waals surface area (Å²) in [7, 11) is 0. The number of aromatic hydroxyl groups is 2. The van der Waals surface area contributed by atoms with Crippen LogP contribution in [0.3, 0.4) is 0 Å². The molecule has 148 valence electrons. The Bertz CT molecular complexity index is 959. The second-order valence-corrected chi connectivity index (χ2v) is 6.10. The molecule has 2 aromatic carbocycles. The lowest BCUT2D eigenvalue weighted by atomic mass is 9.97. The molecule has 0 spiro atoms. The summed E-state index contributed by atoms with van der Waals surface area (Å²) >= 11 is 0. The predicted octanol–water partition coefficient (Wildman–Crippen LogP) is 2.13. The van der Waals surface area contributed by atoms with Crippen molar-refractivity contribution in [2.24, 2.45) is 0 Å². The van der Waals surface area contributed by atoms with E-state index >= 15 is 0 Å². The lowest BCUT2D eigenvalue weighted by Crippen LogP contribution is -2.37. The summed E-state index contributed by atoms with van der Waals surface area (Å²) in [5.74, 6) is -0.113. The van der Waals surface area contributed by atoms with E-state index in [0.717, 1.165) is 0 Å². The van der Waals surface area contributed by atoms with Crippen molar-refractivity contribution in [1.82, 2.24) is 0 Å². The molecule has 3 atom stereocenters. The molecule has 0 radical (unpaired) electrons. The Balaban J connectivity index is 1.94. The van der Waals surface area contributed by atoms with Crippen molar-refractivity contribution in [3.63, 3.8) is 0 Å². The molecule has 1 unspecified atom stereocenters. The molecular formula is C17H16N2O9. The summed E-state index contributed by atoms with van der Waals surface area (Å²) in [5, 5.41) is 40.9. The Labute approximate surface area is 157 Å². The highest BCUT2D eigenvalue weighted by Gasteiger charge is 2.41. The van der Waals surface area contributed by atoms with Gasteiger partial charge in [0.15, 0.2) is 12.2 Å². The number of fused-ring (bicyclic) bond motifs is 1. The molecule has 0 aromatic heterocycles. The molecule has 0 aliphatic carbocycles. The molecule has 1 aliphatic rings. The number of phenolic OH excluding ortho intramolecular Hbond substituents is 2. The van der Waals surface area contributed by atoms with Crippen LogP contribution in [0.5, 0.6) is 11.5 Å². The number of nitrogens with zero attached hydrogens (tertiary/aromatic N) is 2. The van der Waals surface area contributed by atoms with E-state index in [0.29, 0.717) is 16.3 Å². The maximum absolute atomic E-state index is 10.7. The standard InChI is InChI=1S/C17H16N2O9/c1-9-10(16(21)12-5-3-2-4-11(12)15(9)20)6-7-13-17(28-19(24)25)14(8-26-13)27-18(22)23/h2-7,13-14,17,20-21H,8H2,1H3/b7-6+/t13?,14-,17+/m1/s1. The van der Waals surface area contributed by atoms with Gasteiger partial charge in [-0.2, -0.15) is 0 Å². The van der Waals surface area contributed by atoms with E-state index in [9.17, 15) is 30.4 Å². The van der Waals surface area contributed by atoms with Crippen LogP contribution in [0.1, 0.15) is 11.1 Å². The average molecular weight is 392 g/mol. The maximum Gasteiger partial charge on any atom is 0.294 e. The SMILES string of the molecule is Cc1c(/C=C/C2OC[C@@H](O[N+](=O)[O-])[C@H]2O[N+](=O)[O-])c(O)c2ccccc2c1O. The largest absolute Gasteiger partial charge is 0.507 e. The Morgan fingerprint density at radius 1 is 1.11 bits per heavy atom. The van der Waals surface area contributed by atoms with Crippen LogP contribution < -0.4 is 0 Å². The molecule has 11 heteroatoms. The molecule has 1 aliphatic heterocycles. The van der Waals surface area contributed by atoms with Crippen LogP contribution in [0.15, 0.2) is 30.3 Å². The van der Waals surface area contributed by atoms with Gasteiger partial charge in [0.1, 0.15) is 17.6 Å². The molecular weight excluding hydrogens is 376 g/mol. The van der Waals surface area contributed by atoms with Crippen LogP contribution in [0, 0.1) is 27.2 Å². The van der Waals surface area contributed by atoms with E-state index in [-0.39, 0.29) is 23.7 Å². The van der Waals surface area contributed by atoms with Crippen LogP contribution in [-0.4, -0.2) is 45.3 Å². The van der Waals surface area contributed by atoms with E-state index in [4.69, 9.17) is 4.74 Å².